The van der Waals surface area contributed by atoms with Crippen molar-refractivity contribution < 1.29 is 5.11 Å². The Morgan fingerprint density at radius 2 is 1.92 bits per heavy atom. The molecule has 0 radical (unpaired) electrons. The second kappa shape index (κ2) is 7.28. The van der Waals surface area contributed by atoms with Gasteiger partial charge in [0.2, 0.25) is 0 Å². The average Bonchev–Trinajstić information content (AvgIpc) is 2.93. The first-order valence-electron chi connectivity index (χ1n) is 9.75. The summed E-state index contributed by atoms with van der Waals surface area (Å²) in [4.78, 5) is 2.02. The highest BCUT2D eigenvalue weighted by Gasteiger charge is 2.49. The van der Waals surface area contributed by atoms with E-state index >= 15 is 0 Å². The third kappa shape index (κ3) is 3.79. The Hall–Kier alpha value is -1.45. The molecule has 0 aromatic heterocycles. The van der Waals surface area contributed by atoms with Gasteiger partial charge in [0.1, 0.15) is 0 Å². The Kier molecular flexibility index (Phi) is 5.41. The molecule has 2 aliphatic rings. The Bertz CT molecular complexity index is 644. The van der Waals surface area contributed by atoms with Crippen molar-refractivity contribution >= 4 is 0 Å². The molecule has 2 fully saturated rings. The Labute approximate surface area is 157 Å². The van der Waals surface area contributed by atoms with E-state index in [-0.39, 0.29) is 11.1 Å². The minimum Gasteiger partial charge on any atom is -0.365 e. The number of hydrogen-bond acceptors (Lipinski definition) is 5. The van der Waals surface area contributed by atoms with Gasteiger partial charge in [0, 0.05) is 24.2 Å². The van der Waals surface area contributed by atoms with Gasteiger partial charge in [-0.2, -0.15) is 5.26 Å². The van der Waals surface area contributed by atoms with Crippen LogP contribution >= 0.6 is 0 Å². The molecule has 1 heterocycles. The van der Waals surface area contributed by atoms with Gasteiger partial charge in [0.25, 0.3) is 0 Å². The molecule has 142 valence electrons. The fourth-order valence-corrected chi connectivity index (χ4v) is 4.69. The van der Waals surface area contributed by atoms with E-state index in [1.165, 1.54) is 5.56 Å². The van der Waals surface area contributed by atoms with Gasteiger partial charge in [-0.25, -0.2) is 0 Å². The minimum absolute atomic E-state index is 0.0211. The lowest BCUT2D eigenvalue weighted by molar-refractivity contribution is 0.00668. The summed E-state index contributed by atoms with van der Waals surface area (Å²) in [6, 6.07) is 13.1. The summed E-state index contributed by atoms with van der Waals surface area (Å²) in [7, 11) is 0. The standard InChI is InChI=1S/C21H32N4O/c1-4-23-21(17-8-6-5-7-9-17)12-10-20(11-13-21)16-25(18(26)24-20)15-19(2,3)14-22/h5-9,18,23-24,26H,4,10-13,15-16H2,1-3H3/t18?,20-,21+. The number of nitriles is 1. The van der Waals surface area contributed by atoms with Crippen LogP contribution in [0.25, 0.3) is 0 Å². The molecule has 1 saturated carbocycles. The second-order valence-corrected chi connectivity index (χ2v) is 8.68. The Morgan fingerprint density at radius 1 is 1.27 bits per heavy atom. The van der Waals surface area contributed by atoms with Gasteiger partial charge in [0.05, 0.1) is 11.5 Å². The number of aliphatic hydroxyl groups is 1. The van der Waals surface area contributed by atoms with Crippen molar-refractivity contribution in [2.45, 2.75) is 63.9 Å². The molecular formula is C21H32N4O. The van der Waals surface area contributed by atoms with Crippen LogP contribution in [0.4, 0.5) is 0 Å². The molecule has 1 aliphatic heterocycles. The van der Waals surface area contributed by atoms with Gasteiger partial charge < -0.3 is 10.4 Å². The van der Waals surface area contributed by atoms with Crippen LogP contribution in [-0.2, 0) is 5.54 Å². The molecule has 3 rings (SSSR count). The fourth-order valence-electron chi connectivity index (χ4n) is 4.69. The lowest BCUT2D eigenvalue weighted by atomic mass is 9.69. The van der Waals surface area contributed by atoms with Gasteiger partial charge in [0.15, 0.2) is 6.35 Å². The van der Waals surface area contributed by atoms with Crippen LogP contribution in [0.3, 0.4) is 0 Å². The van der Waals surface area contributed by atoms with Crippen LogP contribution in [0, 0.1) is 16.7 Å². The zero-order valence-corrected chi connectivity index (χ0v) is 16.3. The van der Waals surface area contributed by atoms with Crippen molar-refractivity contribution in [3.63, 3.8) is 0 Å². The molecule has 1 spiro atoms. The molecule has 1 aliphatic carbocycles. The van der Waals surface area contributed by atoms with Crippen molar-refractivity contribution in [3.05, 3.63) is 35.9 Å². The summed E-state index contributed by atoms with van der Waals surface area (Å²) in [6.45, 7) is 8.35. The van der Waals surface area contributed by atoms with E-state index in [0.29, 0.717) is 6.54 Å². The molecule has 1 unspecified atom stereocenters. The SMILES string of the molecule is CCN[C@]1(c2ccccc2)CC[C@]2(CC1)CN(CC(C)(C)C#N)C(O)N2. The first kappa shape index (κ1) is 19.3. The molecule has 0 bridgehead atoms. The molecule has 5 nitrogen and oxygen atoms in total. The summed E-state index contributed by atoms with van der Waals surface area (Å²) in [5.74, 6) is 0. The maximum atomic E-state index is 10.5. The zero-order chi connectivity index (χ0) is 18.8. The largest absolute Gasteiger partial charge is 0.365 e. The van der Waals surface area contributed by atoms with E-state index in [0.717, 1.165) is 38.8 Å². The number of benzene rings is 1. The van der Waals surface area contributed by atoms with Gasteiger partial charge in [-0.3, -0.25) is 10.2 Å². The van der Waals surface area contributed by atoms with Crippen LogP contribution in [-0.4, -0.2) is 41.5 Å². The Balaban J connectivity index is 1.72. The number of nitrogens with one attached hydrogen (secondary N) is 2. The third-order valence-electron chi connectivity index (χ3n) is 6.09. The van der Waals surface area contributed by atoms with Gasteiger partial charge in [-0.15, -0.1) is 0 Å². The average molecular weight is 357 g/mol. The summed E-state index contributed by atoms with van der Waals surface area (Å²) < 4.78 is 0. The fraction of sp³-hybridized carbons (Fsp3) is 0.667. The second-order valence-electron chi connectivity index (χ2n) is 8.68. The first-order valence-corrected chi connectivity index (χ1v) is 9.75. The molecule has 0 amide bonds. The van der Waals surface area contributed by atoms with Crippen LogP contribution in [0.5, 0.6) is 0 Å². The van der Waals surface area contributed by atoms with Crippen molar-refractivity contribution in [1.82, 2.24) is 15.5 Å². The maximum absolute atomic E-state index is 10.5. The highest BCUT2D eigenvalue weighted by molar-refractivity contribution is 5.26. The number of nitrogens with zero attached hydrogens (tertiary/aromatic N) is 2. The van der Waals surface area contributed by atoms with E-state index in [4.69, 9.17) is 0 Å². The van der Waals surface area contributed by atoms with Crippen molar-refractivity contribution in [1.29, 1.82) is 5.26 Å². The van der Waals surface area contributed by atoms with Crippen molar-refractivity contribution in [2.24, 2.45) is 5.41 Å². The summed E-state index contributed by atoms with van der Waals surface area (Å²) in [5, 5.41) is 27.0. The molecule has 3 N–H and O–H groups in total. The molecular weight excluding hydrogens is 324 g/mol. The number of aliphatic hydroxyl groups excluding tert-OH is 1. The predicted octanol–water partition coefficient (Wildman–Crippen LogP) is 2.54. The minimum atomic E-state index is -0.661. The van der Waals surface area contributed by atoms with Crippen molar-refractivity contribution in [2.75, 3.05) is 19.6 Å². The highest BCUT2D eigenvalue weighted by Crippen LogP contribution is 2.43. The van der Waals surface area contributed by atoms with E-state index in [9.17, 15) is 10.4 Å². The van der Waals surface area contributed by atoms with E-state index in [1.54, 1.807) is 0 Å². The molecule has 26 heavy (non-hydrogen) atoms. The van der Waals surface area contributed by atoms with Gasteiger partial charge >= 0.3 is 0 Å². The normalized spacial score (nSPS) is 32.7. The monoisotopic (exact) mass is 356 g/mol. The smallest absolute Gasteiger partial charge is 0.163 e. The topological polar surface area (TPSA) is 71.3 Å². The lowest BCUT2D eigenvalue weighted by Gasteiger charge is -2.46. The molecule has 1 aromatic carbocycles. The van der Waals surface area contributed by atoms with E-state index in [1.807, 2.05) is 18.7 Å². The highest BCUT2D eigenvalue weighted by atomic mass is 16.3. The lowest BCUT2D eigenvalue weighted by Crippen LogP contribution is -2.54. The number of rotatable bonds is 5. The van der Waals surface area contributed by atoms with Crippen LogP contribution in [0.2, 0.25) is 0 Å². The predicted molar refractivity (Wildman–Crippen MR) is 103 cm³/mol. The van der Waals surface area contributed by atoms with Gasteiger partial charge in [-0.05, 0) is 51.6 Å². The zero-order valence-electron chi connectivity index (χ0n) is 16.3. The summed E-state index contributed by atoms with van der Waals surface area (Å²) in [6.07, 6.45) is 3.44. The van der Waals surface area contributed by atoms with Crippen LogP contribution < -0.4 is 10.6 Å². The quantitative estimate of drug-likeness (QED) is 0.756. The Morgan fingerprint density at radius 3 is 2.50 bits per heavy atom. The molecule has 1 atom stereocenters. The summed E-state index contributed by atoms with van der Waals surface area (Å²) >= 11 is 0. The molecule has 5 heteroatoms. The first-order chi connectivity index (χ1) is 12.3. The maximum Gasteiger partial charge on any atom is 0.163 e. The molecule has 1 aromatic rings. The molecule has 1 saturated heterocycles. The van der Waals surface area contributed by atoms with E-state index in [2.05, 4.69) is 54.0 Å². The van der Waals surface area contributed by atoms with E-state index < -0.39 is 11.8 Å². The van der Waals surface area contributed by atoms with Crippen molar-refractivity contribution in [3.8, 4) is 6.07 Å². The van der Waals surface area contributed by atoms with Crippen LogP contribution in [0.15, 0.2) is 30.3 Å². The van der Waals surface area contributed by atoms with Gasteiger partial charge in [-0.1, -0.05) is 37.3 Å². The summed E-state index contributed by atoms with van der Waals surface area (Å²) in [5.41, 5.74) is 0.865. The third-order valence-corrected chi connectivity index (χ3v) is 6.09. The number of hydrogen-bond donors (Lipinski definition) is 3. The van der Waals surface area contributed by atoms with Crippen LogP contribution in [0.1, 0.15) is 52.0 Å².